The topological polar surface area (TPSA) is 71.1 Å². The summed E-state index contributed by atoms with van der Waals surface area (Å²) >= 11 is 12.4. The van der Waals surface area contributed by atoms with Crippen LogP contribution in [-0.2, 0) is 9.47 Å². The zero-order chi connectivity index (χ0) is 17.7. The minimum atomic E-state index is -0.917. The van der Waals surface area contributed by atoms with Crippen molar-refractivity contribution in [3.63, 3.8) is 0 Å². The van der Waals surface area contributed by atoms with Crippen molar-refractivity contribution in [2.24, 2.45) is 0 Å². The van der Waals surface area contributed by atoms with E-state index in [9.17, 15) is 9.59 Å². The van der Waals surface area contributed by atoms with Crippen LogP contribution in [0.1, 0.15) is 13.8 Å². The SMILES string of the molecule is CCOC(=O)Oc1c(Cl)c(Cl)c(OC(=O)OCC)c2ccccc12. The lowest BCUT2D eigenvalue weighted by Crippen LogP contribution is -2.12. The molecule has 0 aromatic heterocycles. The summed E-state index contributed by atoms with van der Waals surface area (Å²) < 4.78 is 19.8. The van der Waals surface area contributed by atoms with Gasteiger partial charge in [-0.3, -0.25) is 0 Å². The summed E-state index contributed by atoms with van der Waals surface area (Å²) in [5, 5.41) is 0.698. The summed E-state index contributed by atoms with van der Waals surface area (Å²) in [6.07, 6.45) is -1.83. The van der Waals surface area contributed by atoms with Crippen molar-refractivity contribution in [2.45, 2.75) is 13.8 Å². The lowest BCUT2D eigenvalue weighted by molar-refractivity contribution is 0.103. The maximum Gasteiger partial charge on any atom is 0.513 e. The quantitative estimate of drug-likeness (QED) is 0.541. The van der Waals surface area contributed by atoms with Crippen LogP contribution in [0.3, 0.4) is 0 Å². The predicted molar refractivity (Wildman–Crippen MR) is 89.3 cm³/mol. The highest BCUT2D eigenvalue weighted by Gasteiger charge is 2.23. The number of rotatable bonds is 4. The first kappa shape index (κ1) is 18.2. The Labute approximate surface area is 148 Å². The second kappa shape index (κ2) is 8.08. The molecule has 0 aliphatic carbocycles. The van der Waals surface area contributed by atoms with Crippen molar-refractivity contribution in [1.29, 1.82) is 0 Å². The predicted octanol–water partition coefficient (Wildman–Crippen LogP) is 5.22. The number of carbonyl (C=O) groups is 2. The monoisotopic (exact) mass is 372 g/mol. The first-order valence-corrected chi connectivity index (χ1v) is 7.84. The van der Waals surface area contributed by atoms with Gasteiger partial charge < -0.3 is 18.9 Å². The number of carbonyl (C=O) groups excluding carboxylic acids is 2. The standard InChI is InChI=1S/C16H14Cl2O6/c1-3-21-15(19)23-13-9-7-5-6-8-10(9)14(12(18)11(13)17)24-16(20)22-4-2/h5-8H,3-4H2,1-2H3. The van der Waals surface area contributed by atoms with Gasteiger partial charge in [-0.05, 0) is 13.8 Å². The number of fused-ring (bicyclic) bond motifs is 1. The van der Waals surface area contributed by atoms with E-state index in [0.29, 0.717) is 10.8 Å². The van der Waals surface area contributed by atoms with Gasteiger partial charge >= 0.3 is 12.3 Å². The highest BCUT2D eigenvalue weighted by Crippen LogP contribution is 2.46. The molecule has 0 amide bonds. The van der Waals surface area contributed by atoms with E-state index in [2.05, 4.69) is 0 Å². The van der Waals surface area contributed by atoms with Gasteiger partial charge in [0.25, 0.3) is 0 Å². The summed E-state index contributed by atoms with van der Waals surface area (Å²) in [6, 6.07) is 6.70. The molecule has 0 fully saturated rings. The molecular formula is C16H14Cl2O6. The van der Waals surface area contributed by atoms with E-state index < -0.39 is 12.3 Å². The highest BCUT2D eigenvalue weighted by molar-refractivity contribution is 6.45. The van der Waals surface area contributed by atoms with Gasteiger partial charge in [-0.25, -0.2) is 9.59 Å². The summed E-state index contributed by atoms with van der Waals surface area (Å²) in [6.45, 7) is 3.58. The van der Waals surface area contributed by atoms with Crippen LogP contribution in [0.5, 0.6) is 11.5 Å². The average molecular weight is 373 g/mol. The normalized spacial score (nSPS) is 10.3. The van der Waals surface area contributed by atoms with Gasteiger partial charge in [-0.15, -0.1) is 0 Å². The fraction of sp³-hybridized carbons (Fsp3) is 0.250. The van der Waals surface area contributed by atoms with Gasteiger partial charge in [0.2, 0.25) is 0 Å². The average Bonchev–Trinajstić information content (AvgIpc) is 2.56. The molecule has 0 saturated heterocycles. The van der Waals surface area contributed by atoms with Crippen LogP contribution < -0.4 is 9.47 Å². The lowest BCUT2D eigenvalue weighted by Gasteiger charge is -2.15. The van der Waals surface area contributed by atoms with Crippen LogP contribution in [0.2, 0.25) is 10.0 Å². The van der Waals surface area contributed by atoms with Gasteiger partial charge in [-0.1, -0.05) is 47.5 Å². The Balaban J connectivity index is 2.56. The van der Waals surface area contributed by atoms with Crippen molar-refractivity contribution in [2.75, 3.05) is 13.2 Å². The maximum absolute atomic E-state index is 11.6. The van der Waals surface area contributed by atoms with Crippen molar-refractivity contribution >= 4 is 46.3 Å². The van der Waals surface area contributed by atoms with Gasteiger partial charge in [0.15, 0.2) is 11.5 Å². The zero-order valence-electron chi connectivity index (χ0n) is 12.9. The van der Waals surface area contributed by atoms with Crippen molar-refractivity contribution in [1.82, 2.24) is 0 Å². The summed E-state index contributed by atoms with van der Waals surface area (Å²) in [7, 11) is 0. The first-order chi connectivity index (χ1) is 11.5. The van der Waals surface area contributed by atoms with Crippen molar-refractivity contribution in [3.05, 3.63) is 34.3 Å². The number of hydrogen-bond donors (Lipinski definition) is 0. The molecule has 0 aliphatic heterocycles. The Hall–Kier alpha value is -2.18. The second-order valence-electron chi connectivity index (χ2n) is 4.40. The smallest absolute Gasteiger partial charge is 0.434 e. The first-order valence-electron chi connectivity index (χ1n) is 7.08. The van der Waals surface area contributed by atoms with Crippen LogP contribution in [0.4, 0.5) is 9.59 Å². The van der Waals surface area contributed by atoms with E-state index in [1.54, 1.807) is 38.1 Å². The molecule has 0 bridgehead atoms. The van der Waals surface area contributed by atoms with Gasteiger partial charge in [0, 0.05) is 10.8 Å². The van der Waals surface area contributed by atoms with Crippen LogP contribution in [-0.4, -0.2) is 25.5 Å². The molecule has 0 radical (unpaired) electrons. The molecule has 0 saturated carbocycles. The molecule has 2 aromatic carbocycles. The molecule has 2 rings (SSSR count). The lowest BCUT2D eigenvalue weighted by atomic mass is 10.1. The van der Waals surface area contributed by atoms with Gasteiger partial charge in [0.05, 0.1) is 13.2 Å². The Bertz CT molecular complexity index is 710. The van der Waals surface area contributed by atoms with Crippen molar-refractivity contribution in [3.8, 4) is 11.5 Å². The van der Waals surface area contributed by atoms with Gasteiger partial charge in [-0.2, -0.15) is 0 Å². The molecule has 128 valence electrons. The Morgan fingerprint density at radius 1 is 0.833 bits per heavy atom. The van der Waals surface area contributed by atoms with Crippen LogP contribution in [0, 0.1) is 0 Å². The highest BCUT2D eigenvalue weighted by atomic mass is 35.5. The van der Waals surface area contributed by atoms with Crippen LogP contribution in [0.25, 0.3) is 10.8 Å². The Morgan fingerprint density at radius 3 is 1.54 bits per heavy atom. The fourth-order valence-electron chi connectivity index (χ4n) is 1.98. The zero-order valence-corrected chi connectivity index (χ0v) is 14.4. The molecule has 0 atom stereocenters. The number of benzene rings is 2. The minimum absolute atomic E-state index is 0.0203. The molecule has 2 aromatic rings. The maximum atomic E-state index is 11.6. The molecule has 0 unspecified atom stereocenters. The third kappa shape index (κ3) is 3.83. The largest absolute Gasteiger partial charge is 0.513 e. The molecular weight excluding hydrogens is 359 g/mol. The van der Waals surface area contributed by atoms with Crippen LogP contribution in [0.15, 0.2) is 24.3 Å². The summed E-state index contributed by atoms with van der Waals surface area (Å²) in [5.41, 5.74) is 0. The molecule has 0 N–H and O–H groups in total. The van der Waals surface area contributed by atoms with Crippen molar-refractivity contribution < 1.29 is 28.5 Å². The van der Waals surface area contributed by atoms with E-state index >= 15 is 0 Å². The number of halogens is 2. The minimum Gasteiger partial charge on any atom is -0.434 e. The molecule has 0 aliphatic rings. The third-order valence-electron chi connectivity index (χ3n) is 2.90. The Kier molecular flexibility index (Phi) is 6.11. The van der Waals surface area contributed by atoms with E-state index in [4.69, 9.17) is 42.1 Å². The van der Waals surface area contributed by atoms with E-state index in [0.717, 1.165) is 0 Å². The van der Waals surface area contributed by atoms with Gasteiger partial charge in [0.1, 0.15) is 10.0 Å². The fourth-order valence-corrected chi connectivity index (χ4v) is 2.43. The molecule has 24 heavy (non-hydrogen) atoms. The third-order valence-corrected chi connectivity index (χ3v) is 3.72. The number of hydrogen-bond acceptors (Lipinski definition) is 6. The summed E-state index contributed by atoms with van der Waals surface area (Å²) in [5.74, 6) is 0.0406. The Morgan fingerprint density at radius 2 is 1.21 bits per heavy atom. The molecule has 0 spiro atoms. The molecule has 6 nitrogen and oxygen atoms in total. The molecule has 8 heteroatoms. The van der Waals surface area contributed by atoms with E-state index in [-0.39, 0.29) is 34.8 Å². The van der Waals surface area contributed by atoms with E-state index in [1.165, 1.54) is 0 Å². The van der Waals surface area contributed by atoms with Crippen LogP contribution >= 0.6 is 23.2 Å². The second-order valence-corrected chi connectivity index (χ2v) is 5.16. The number of ether oxygens (including phenoxy) is 4. The summed E-state index contributed by atoms with van der Waals surface area (Å²) in [4.78, 5) is 23.2. The molecule has 0 heterocycles. The van der Waals surface area contributed by atoms with E-state index in [1.807, 2.05) is 0 Å².